The molecule has 0 aromatic carbocycles. The molecule has 1 amide bonds. The lowest BCUT2D eigenvalue weighted by Crippen LogP contribution is -2.21. The van der Waals surface area contributed by atoms with E-state index in [9.17, 15) is 4.79 Å². The third kappa shape index (κ3) is 4.41. The van der Waals surface area contributed by atoms with Crippen LogP contribution in [0.15, 0.2) is 12.5 Å². The quantitative estimate of drug-likeness (QED) is 0.585. The number of carbonyl (C=O) groups is 1. The smallest absolute Gasteiger partial charge is 0.219 e. The zero-order valence-electron chi connectivity index (χ0n) is 9.48. The Labute approximate surface area is 94.8 Å². The van der Waals surface area contributed by atoms with Crippen LogP contribution in [0.25, 0.3) is 0 Å². The van der Waals surface area contributed by atoms with Gasteiger partial charge in [0.15, 0.2) is 0 Å². The summed E-state index contributed by atoms with van der Waals surface area (Å²) in [5.74, 6) is -0.299. The monoisotopic (exact) mass is 226 g/mol. The number of rotatable bonds is 8. The minimum atomic E-state index is -0.299. The number of nitrogens with one attached hydrogen (secondary N) is 1. The van der Waals surface area contributed by atoms with Crippen LogP contribution in [0.4, 0.5) is 0 Å². The van der Waals surface area contributed by atoms with Gasteiger partial charge in [-0.15, -0.1) is 0 Å². The van der Waals surface area contributed by atoms with Crippen LogP contribution < -0.4 is 11.1 Å². The highest BCUT2D eigenvalue weighted by Crippen LogP contribution is 2.00. The van der Waals surface area contributed by atoms with Crippen molar-refractivity contribution in [3.05, 3.63) is 18.2 Å². The van der Waals surface area contributed by atoms with Crippen LogP contribution in [0.5, 0.6) is 0 Å². The fourth-order valence-electron chi connectivity index (χ4n) is 1.32. The van der Waals surface area contributed by atoms with Crippen LogP contribution in [0.1, 0.15) is 12.1 Å². The van der Waals surface area contributed by atoms with E-state index in [1.807, 2.05) is 4.57 Å². The first-order chi connectivity index (χ1) is 7.74. The second-order valence-electron chi connectivity index (χ2n) is 3.46. The summed E-state index contributed by atoms with van der Waals surface area (Å²) in [6.45, 7) is 2.76. The third-order valence-corrected chi connectivity index (χ3v) is 2.19. The highest BCUT2D eigenvalue weighted by Gasteiger charge is 2.02. The second-order valence-corrected chi connectivity index (χ2v) is 3.46. The fraction of sp³-hybridized carbons (Fsp3) is 0.600. The standard InChI is InChI=1S/C10H18N4O2/c1-16-5-3-12-6-9-7-13-8-14(9)4-2-10(11)15/h7-8,12H,2-6H2,1H3,(H2,11,15). The van der Waals surface area contributed by atoms with Gasteiger partial charge >= 0.3 is 0 Å². The number of nitrogens with two attached hydrogens (primary N) is 1. The van der Waals surface area contributed by atoms with Gasteiger partial charge < -0.3 is 20.4 Å². The number of ether oxygens (including phenoxy) is 1. The van der Waals surface area contributed by atoms with Crippen LogP contribution in [-0.2, 0) is 22.6 Å². The van der Waals surface area contributed by atoms with Crippen LogP contribution in [0.2, 0.25) is 0 Å². The van der Waals surface area contributed by atoms with E-state index in [0.717, 1.165) is 12.2 Å². The fourth-order valence-corrected chi connectivity index (χ4v) is 1.32. The molecule has 0 spiro atoms. The highest BCUT2D eigenvalue weighted by molar-refractivity contribution is 5.73. The predicted octanol–water partition coefficient (Wildman–Crippen LogP) is -0.505. The maximum absolute atomic E-state index is 10.7. The molecule has 0 aliphatic heterocycles. The van der Waals surface area contributed by atoms with Gasteiger partial charge in [-0.25, -0.2) is 4.98 Å². The first-order valence-electron chi connectivity index (χ1n) is 5.21. The van der Waals surface area contributed by atoms with Crippen molar-refractivity contribution in [1.29, 1.82) is 0 Å². The van der Waals surface area contributed by atoms with E-state index in [1.165, 1.54) is 0 Å². The van der Waals surface area contributed by atoms with Crippen molar-refractivity contribution in [3.8, 4) is 0 Å². The number of amides is 1. The molecule has 3 N–H and O–H groups in total. The Morgan fingerprint density at radius 1 is 1.69 bits per heavy atom. The molecule has 0 unspecified atom stereocenters. The molecule has 0 fully saturated rings. The maximum Gasteiger partial charge on any atom is 0.219 e. The molecule has 1 heterocycles. The minimum Gasteiger partial charge on any atom is -0.383 e. The summed E-state index contributed by atoms with van der Waals surface area (Å²) in [5, 5.41) is 3.21. The number of aryl methyl sites for hydroxylation is 1. The Kier molecular flexibility index (Phi) is 5.52. The second kappa shape index (κ2) is 6.97. The van der Waals surface area contributed by atoms with E-state index in [4.69, 9.17) is 10.5 Å². The largest absolute Gasteiger partial charge is 0.383 e. The van der Waals surface area contributed by atoms with Gasteiger partial charge in [-0.05, 0) is 0 Å². The summed E-state index contributed by atoms with van der Waals surface area (Å²) in [6.07, 6.45) is 3.82. The van der Waals surface area contributed by atoms with Gasteiger partial charge in [-0.1, -0.05) is 0 Å². The van der Waals surface area contributed by atoms with E-state index >= 15 is 0 Å². The van der Waals surface area contributed by atoms with Gasteiger partial charge in [-0.3, -0.25) is 4.79 Å². The number of carbonyl (C=O) groups excluding carboxylic acids is 1. The SMILES string of the molecule is COCCNCc1cncn1CCC(N)=O. The van der Waals surface area contributed by atoms with Crippen LogP contribution in [-0.4, -0.2) is 35.7 Å². The van der Waals surface area contributed by atoms with Crippen LogP contribution >= 0.6 is 0 Å². The van der Waals surface area contributed by atoms with E-state index in [0.29, 0.717) is 26.1 Å². The van der Waals surface area contributed by atoms with Crippen molar-refractivity contribution in [2.75, 3.05) is 20.3 Å². The van der Waals surface area contributed by atoms with Gasteiger partial charge in [0.2, 0.25) is 5.91 Å². The van der Waals surface area contributed by atoms with Gasteiger partial charge in [0.05, 0.1) is 18.6 Å². The normalized spacial score (nSPS) is 10.6. The maximum atomic E-state index is 10.7. The summed E-state index contributed by atoms with van der Waals surface area (Å²) >= 11 is 0. The Hall–Kier alpha value is -1.40. The summed E-state index contributed by atoms with van der Waals surface area (Å²) in [5.41, 5.74) is 6.13. The molecule has 6 heteroatoms. The van der Waals surface area contributed by atoms with Crippen molar-refractivity contribution < 1.29 is 9.53 Å². The lowest BCUT2D eigenvalue weighted by Gasteiger charge is -2.07. The molecular formula is C10H18N4O2. The zero-order chi connectivity index (χ0) is 11.8. The van der Waals surface area contributed by atoms with Crippen molar-refractivity contribution in [2.45, 2.75) is 19.5 Å². The van der Waals surface area contributed by atoms with Crippen molar-refractivity contribution >= 4 is 5.91 Å². The topological polar surface area (TPSA) is 82.2 Å². The zero-order valence-corrected chi connectivity index (χ0v) is 9.48. The van der Waals surface area contributed by atoms with Crippen LogP contribution in [0.3, 0.4) is 0 Å². The van der Waals surface area contributed by atoms with Gasteiger partial charge in [-0.2, -0.15) is 0 Å². The third-order valence-electron chi connectivity index (χ3n) is 2.19. The first kappa shape index (κ1) is 12.7. The number of hydrogen-bond donors (Lipinski definition) is 2. The average Bonchev–Trinajstić information content (AvgIpc) is 2.69. The summed E-state index contributed by atoms with van der Waals surface area (Å²) in [7, 11) is 1.67. The van der Waals surface area contributed by atoms with Crippen molar-refractivity contribution in [1.82, 2.24) is 14.9 Å². The molecule has 0 saturated carbocycles. The first-order valence-corrected chi connectivity index (χ1v) is 5.21. The number of methoxy groups -OCH3 is 1. The predicted molar refractivity (Wildman–Crippen MR) is 59.6 cm³/mol. The molecule has 0 bridgehead atoms. The summed E-state index contributed by atoms with van der Waals surface area (Å²) in [6, 6.07) is 0. The molecule has 0 saturated heterocycles. The van der Waals surface area contributed by atoms with Gasteiger partial charge in [0.25, 0.3) is 0 Å². The van der Waals surface area contributed by atoms with Crippen LogP contribution in [0, 0.1) is 0 Å². The lowest BCUT2D eigenvalue weighted by molar-refractivity contribution is -0.118. The molecular weight excluding hydrogens is 208 g/mol. The molecule has 0 aliphatic rings. The minimum absolute atomic E-state index is 0.299. The van der Waals surface area contributed by atoms with E-state index in [-0.39, 0.29) is 5.91 Å². The van der Waals surface area contributed by atoms with Crippen molar-refractivity contribution in [3.63, 3.8) is 0 Å². The van der Waals surface area contributed by atoms with Gasteiger partial charge in [0, 0.05) is 39.4 Å². The molecule has 16 heavy (non-hydrogen) atoms. The molecule has 6 nitrogen and oxygen atoms in total. The van der Waals surface area contributed by atoms with E-state index in [1.54, 1.807) is 19.6 Å². The number of hydrogen-bond acceptors (Lipinski definition) is 4. The van der Waals surface area contributed by atoms with Gasteiger partial charge in [0.1, 0.15) is 0 Å². The molecule has 1 rings (SSSR count). The number of imidazole rings is 1. The Morgan fingerprint density at radius 3 is 3.19 bits per heavy atom. The Morgan fingerprint density at radius 2 is 2.50 bits per heavy atom. The van der Waals surface area contributed by atoms with E-state index < -0.39 is 0 Å². The number of nitrogens with zero attached hydrogens (tertiary/aromatic N) is 2. The Bertz CT molecular complexity index is 324. The molecule has 1 aromatic heterocycles. The highest BCUT2D eigenvalue weighted by atomic mass is 16.5. The molecule has 0 aliphatic carbocycles. The molecule has 1 aromatic rings. The Balaban J connectivity index is 2.35. The number of primary amides is 1. The average molecular weight is 226 g/mol. The number of aromatic nitrogens is 2. The molecule has 0 atom stereocenters. The lowest BCUT2D eigenvalue weighted by atomic mass is 10.3. The summed E-state index contributed by atoms with van der Waals surface area (Å²) in [4.78, 5) is 14.7. The molecule has 0 radical (unpaired) electrons. The molecule has 90 valence electrons. The summed E-state index contributed by atoms with van der Waals surface area (Å²) < 4.78 is 6.85. The van der Waals surface area contributed by atoms with E-state index in [2.05, 4.69) is 10.3 Å². The van der Waals surface area contributed by atoms with Crippen molar-refractivity contribution in [2.24, 2.45) is 5.73 Å².